The number of nitrogens with zero attached hydrogens (tertiary/aromatic N) is 2. The van der Waals surface area contributed by atoms with Gasteiger partial charge in [-0.05, 0) is 37.6 Å². The van der Waals surface area contributed by atoms with E-state index in [-0.39, 0.29) is 24.1 Å². The number of rotatable bonds is 5. The van der Waals surface area contributed by atoms with E-state index in [1.807, 2.05) is 62.5 Å². The molecule has 28 heavy (non-hydrogen) atoms. The lowest BCUT2D eigenvalue weighted by molar-refractivity contribution is -0.132. The Bertz CT molecular complexity index is 1210. The number of benzene rings is 2. The number of aromatic amines is 2. The molecule has 2 aromatic heterocycles. The minimum absolute atomic E-state index is 0.00411. The van der Waals surface area contributed by atoms with Gasteiger partial charge in [-0.15, -0.1) is 0 Å². The summed E-state index contributed by atoms with van der Waals surface area (Å²) in [6.45, 7) is 4.19. The fourth-order valence-electron chi connectivity index (χ4n) is 3.47. The van der Waals surface area contributed by atoms with Gasteiger partial charge in [0.15, 0.2) is 0 Å². The zero-order chi connectivity index (χ0) is 19.7. The molecule has 4 aromatic rings. The number of H-pyrrole nitrogens is 2. The van der Waals surface area contributed by atoms with E-state index in [9.17, 15) is 9.59 Å². The highest BCUT2D eigenvalue weighted by Gasteiger charge is 2.20. The van der Waals surface area contributed by atoms with Crippen molar-refractivity contribution < 1.29 is 4.79 Å². The second-order valence-corrected chi connectivity index (χ2v) is 7.18. The van der Waals surface area contributed by atoms with E-state index < -0.39 is 0 Å². The van der Waals surface area contributed by atoms with Gasteiger partial charge in [0.25, 0.3) is 5.56 Å². The lowest BCUT2D eigenvalue weighted by atomic mass is 10.1. The van der Waals surface area contributed by atoms with Gasteiger partial charge in [0.2, 0.25) is 5.91 Å². The van der Waals surface area contributed by atoms with Gasteiger partial charge in [-0.1, -0.05) is 30.3 Å². The van der Waals surface area contributed by atoms with Gasteiger partial charge >= 0.3 is 0 Å². The number of hydrogen-bond donors (Lipinski definition) is 2. The van der Waals surface area contributed by atoms with E-state index in [1.54, 1.807) is 11.0 Å². The molecule has 0 aliphatic carbocycles. The van der Waals surface area contributed by atoms with Crippen molar-refractivity contribution in [3.05, 3.63) is 76.5 Å². The molecular formula is C22H22N4O2. The summed E-state index contributed by atoms with van der Waals surface area (Å²) in [7, 11) is 0. The highest BCUT2D eigenvalue weighted by atomic mass is 16.2. The van der Waals surface area contributed by atoms with Crippen LogP contribution in [0.2, 0.25) is 0 Å². The van der Waals surface area contributed by atoms with Gasteiger partial charge in [-0.2, -0.15) is 0 Å². The van der Waals surface area contributed by atoms with Crippen molar-refractivity contribution in [1.29, 1.82) is 0 Å². The average Bonchev–Trinajstić information content (AvgIpc) is 3.09. The summed E-state index contributed by atoms with van der Waals surface area (Å²) >= 11 is 0. The zero-order valence-electron chi connectivity index (χ0n) is 15.9. The Kier molecular flexibility index (Phi) is 4.69. The van der Waals surface area contributed by atoms with E-state index >= 15 is 0 Å². The maximum atomic E-state index is 13.0. The third-order valence-electron chi connectivity index (χ3n) is 4.94. The molecule has 0 atom stereocenters. The maximum absolute atomic E-state index is 13.0. The number of amides is 1. The van der Waals surface area contributed by atoms with E-state index in [1.165, 1.54) is 0 Å². The molecule has 2 aromatic carbocycles. The van der Waals surface area contributed by atoms with Crippen molar-refractivity contribution in [2.24, 2.45) is 0 Å². The van der Waals surface area contributed by atoms with Gasteiger partial charge < -0.3 is 14.9 Å². The van der Waals surface area contributed by atoms with Crippen LogP contribution in [0.3, 0.4) is 0 Å². The molecule has 0 fully saturated rings. The Balaban J connectivity index is 1.60. The van der Waals surface area contributed by atoms with Crippen LogP contribution in [0.1, 0.15) is 25.2 Å². The molecule has 6 heteroatoms. The molecule has 2 N–H and O–H groups in total. The molecule has 0 aliphatic heterocycles. The van der Waals surface area contributed by atoms with Gasteiger partial charge in [0.1, 0.15) is 5.82 Å². The van der Waals surface area contributed by atoms with Crippen LogP contribution in [0, 0.1) is 0 Å². The van der Waals surface area contributed by atoms with Crippen LogP contribution in [0.5, 0.6) is 0 Å². The van der Waals surface area contributed by atoms with Gasteiger partial charge in [0.05, 0.1) is 23.9 Å². The van der Waals surface area contributed by atoms with E-state index in [0.717, 1.165) is 16.5 Å². The zero-order valence-corrected chi connectivity index (χ0v) is 15.9. The van der Waals surface area contributed by atoms with Crippen LogP contribution < -0.4 is 5.56 Å². The first kappa shape index (κ1) is 18.0. The first-order chi connectivity index (χ1) is 13.5. The van der Waals surface area contributed by atoms with Crippen LogP contribution in [-0.2, 0) is 17.8 Å². The van der Waals surface area contributed by atoms with Crippen molar-refractivity contribution in [2.75, 3.05) is 0 Å². The number of nitrogens with one attached hydrogen (secondary N) is 2. The van der Waals surface area contributed by atoms with E-state index in [4.69, 9.17) is 0 Å². The molecule has 0 bridgehead atoms. The summed E-state index contributed by atoms with van der Waals surface area (Å²) in [5.74, 6) is 0.486. The number of hydrogen-bond acceptors (Lipinski definition) is 3. The number of fused-ring (bicyclic) bond motifs is 2. The van der Waals surface area contributed by atoms with Crippen molar-refractivity contribution in [1.82, 2.24) is 19.9 Å². The Morgan fingerprint density at radius 1 is 1.07 bits per heavy atom. The predicted octanol–water partition coefficient (Wildman–Crippen LogP) is 3.38. The largest absolute Gasteiger partial charge is 0.361 e. The van der Waals surface area contributed by atoms with Crippen LogP contribution >= 0.6 is 0 Å². The first-order valence-electron chi connectivity index (χ1n) is 9.35. The number of aromatic nitrogens is 3. The second kappa shape index (κ2) is 7.31. The maximum Gasteiger partial charge on any atom is 0.258 e. The summed E-state index contributed by atoms with van der Waals surface area (Å²) < 4.78 is 0. The molecule has 0 unspecified atom stereocenters. The summed E-state index contributed by atoms with van der Waals surface area (Å²) in [4.78, 5) is 37.7. The number of carbonyl (C=O) groups excluding carboxylic acids is 1. The molecule has 0 saturated carbocycles. The van der Waals surface area contributed by atoms with Gasteiger partial charge in [-0.3, -0.25) is 9.59 Å². The highest BCUT2D eigenvalue weighted by Crippen LogP contribution is 2.19. The quantitative estimate of drug-likeness (QED) is 0.562. The average molecular weight is 374 g/mol. The Morgan fingerprint density at radius 3 is 2.57 bits per heavy atom. The minimum Gasteiger partial charge on any atom is -0.361 e. The molecule has 142 valence electrons. The third-order valence-corrected chi connectivity index (χ3v) is 4.94. The molecule has 1 amide bonds. The third kappa shape index (κ3) is 3.41. The van der Waals surface area contributed by atoms with Crippen LogP contribution in [0.25, 0.3) is 21.8 Å². The lowest BCUT2D eigenvalue weighted by Gasteiger charge is -2.26. The standard InChI is InChI=1S/C22H22N4O2/c1-14(2)26(13-20-24-19-10-6-4-8-17(19)22(28)25-20)21(27)11-15-12-23-18-9-5-3-7-16(15)18/h3-10,12,14,23H,11,13H2,1-2H3,(H,24,25,28). The van der Waals surface area contributed by atoms with Gasteiger partial charge in [0, 0.05) is 23.1 Å². The van der Waals surface area contributed by atoms with Crippen molar-refractivity contribution in [2.45, 2.75) is 32.9 Å². The summed E-state index contributed by atoms with van der Waals surface area (Å²) in [6, 6.07) is 15.1. The molecule has 0 aliphatic rings. The molecular weight excluding hydrogens is 352 g/mol. The summed E-state index contributed by atoms with van der Waals surface area (Å²) in [6.07, 6.45) is 2.18. The Labute approximate surface area is 162 Å². The topological polar surface area (TPSA) is 81.8 Å². The molecule has 0 radical (unpaired) electrons. The fraction of sp³-hybridized carbons (Fsp3) is 0.227. The monoisotopic (exact) mass is 374 g/mol. The van der Waals surface area contributed by atoms with Gasteiger partial charge in [-0.25, -0.2) is 4.98 Å². The van der Waals surface area contributed by atoms with Crippen molar-refractivity contribution >= 4 is 27.7 Å². The highest BCUT2D eigenvalue weighted by molar-refractivity contribution is 5.89. The Morgan fingerprint density at radius 2 is 1.79 bits per heavy atom. The van der Waals surface area contributed by atoms with E-state index in [2.05, 4.69) is 15.0 Å². The Hall–Kier alpha value is -3.41. The van der Waals surface area contributed by atoms with Crippen molar-refractivity contribution in [3.8, 4) is 0 Å². The summed E-state index contributed by atoms with van der Waals surface area (Å²) in [5.41, 5.74) is 2.43. The molecule has 0 saturated heterocycles. The normalized spacial score (nSPS) is 11.4. The number of carbonyl (C=O) groups is 1. The first-order valence-corrected chi connectivity index (χ1v) is 9.35. The number of para-hydroxylation sites is 2. The van der Waals surface area contributed by atoms with Crippen LogP contribution in [0.4, 0.5) is 0 Å². The molecule has 6 nitrogen and oxygen atoms in total. The fourth-order valence-corrected chi connectivity index (χ4v) is 3.47. The predicted molar refractivity (Wildman–Crippen MR) is 110 cm³/mol. The molecule has 0 spiro atoms. The SMILES string of the molecule is CC(C)N(Cc1nc2ccccc2c(=O)[nH]1)C(=O)Cc1c[nH]c2ccccc12. The van der Waals surface area contributed by atoms with Crippen LogP contribution in [-0.4, -0.2) is 31.8 Å². The molecule has 2 heterocycles. The molecule has 4 rings (SSSR count). The lowest BCUT2D eigenvalue weighted by Crippen LogP contribution is -2.38. The summed E-state index contributed by atoms with van der Waals surface area (Å²) in [5, 5.41) is 1.60. The second-order valence-electron chi connectivity index (χ2n) is 7.18. The smallest absolute Gasteiger partial charge is 0.258 e. The minimum atomic E-state index is -0.187. The van der Waals surface area contributed by atoms with E-state index in [0.29, 0.717) is 23.1 Å². The van der Waals surface area contributed by atoms with Crippen molar-refractivity contribution in [3.63, 3.8) is 0 Å². The van der Waals surface area contributed by atoms with Crippen LogP contribution in [0.15, 0.2) is 59.5 Å².